The predicted molar refractivity (Wildman–Crippen MR) is 115 cm³/mol. The molecule has 0 spiro atoms. The average Bonchev–Trinajstić information content (AvgIpc) is 2.79. The van der Waals surface area contributed by atoms with Gasteiger partial charge in [0.15, 0.2) is 5.60 Å². The molecular weight excluding hydrogens is 394 g/mol. The summed E-state index contributed by atoms with van der Waals surface area (Å²) in [5.74, 6) is 1.21. The standard InChI is InChI=1S/C24H21N3O4/c1-29-22-10-7-17(12-25-22)14-27-23(28)21-9-8-20(11-18(21)13-26-27)31-24(15-30-16-24)19-5-3-2-4-6-19/h2-13H,14-16H2,1H3. The normalized spacial score (nSPS) is 14.7. The van der Waals surface area contributed by atoms with E-state index in [-0.39, 0.29) is 5.56 Å². The van der Waals surface area contributed by atoms with E-state index in [4.69, 9.17) is 14.2 Å². The zero-order valence-corrected chi connectivity index (χ0v) is 17.0. The van der Waals surface area contributed by atoms with Crippen LogP contribution < -0.4 is 15.0 Å². The summed E-state index contributed by atoms with van der Waals surface area (Å²) >= 11 is 0. The Kier molecular flexibility index (Phi) is 4.88. The van der Waals surface area contributed by atoms with Crippen LogP contribution in [0.15, 0.2) is 77.9 Å². The van der Waals surface area contributed by atoms with Crippen molar-refractivity contribution in [2.24, 2.45) is 0 Å². The first kappa shape index (κ1) is 19.3. The van der Waals surface area contributed by atoms with E-state index in [1.165, 1.54) is 4.68 Å². The van der Waals surface area contributed by atoms with Gasteiger partial charge in [0.25, 0.3) is 5.56 Å². The van der Waals surface area contributed by atoms with Crippen molar-refractivity contribution in [1.82, 2.24) is 14.8 Å². The maximum atomic E-state index is 12.9. The lowest BCUT2D eigenvalue weighted by atomic mass is 9.91. The molecule has 2 aromatic carbocycles. The molecule has 7 heteroatoms. The summed E-state index contributed by atoms with van der Waals surface area (Å²) in [6.45, 7) is 1.31. The van der Waals surface area contributed by atoms with E-state index in [2.05, 4.69) is 10.1 Å². The third-order valence-electron chi connectivity index (χ3n) is 5.45. The molecule has 4 aromatic rings. The summed E-state index contributed by atoms with van der Waals surface area (Å²) in [5.41, 5.74) is 1.27. The molecule has 0 radical (unpaired) electrons. The number of benzene rings is 2. The van der Waals surface area contributed by atoms with Crippen LogP contribution >= 0.6 is 0 Å². The number of hydrogen-bond donors (Lipinski definition) is 0. The van der Waals surface area contributed by atoms with Crippen LogP contribution in [0.2, 0.25) is 0 Å². The SMILES string of the molecule is COc1ccc(Cn2ncc3cc(OC4(c5ccccc5)COC4)ccc3c2=O)cn1. The van der Waals surface area contributed by atoms with Crippen LogP contribution in [0.25, 0.3) is 10.8 Å². The highest BCUT2D eigenvalue weighted by molar-refractivity contribution is 5.82. The second kappa shape index (κ2) is 7.85. The van der Waals surface area contributed by atoms with Crippen LogP contribution in [-0.4, -0.2) is 35.1 Å². The highest BCUT2D eigenvalue weighted by Crippen LogP contribution is 2.35. The summed E-state index contributed by atoms with van der Waals surface area (Å²) in [7, 11) is 1.56. The fourth-order valence-corrected chi connectivity index (χ4v) is 3.68. The van der Waals surface area contributed by atoms with Crippen molar-refractivity contribution in [1.29, 1.82) is 0 Å². The molecule has 3 heterocycles. The van der Waals surface area contributed by atoms with Crippen LogP contribution in [0.4, 0.5) is 0 Å². The van der Waals surface area contributed by atoms with Gasteiger partial charge >= 0.3 is 0 Å². The summed E-state index contributed by atoms with van der Waals surface area (Å²) in [6.07, 6.45) is 3.37. The van der Waals surface area contributed by atoms with Crippen LogP contribution in [0, 0.1) is 0 Å². The summed E-state index contributed by atoms with van der Waals surface area (Å²) in [4.78, 5) is 17.1. The molecule has 31 heavy (non-hydrogen) atoms. The largest absolute Gasteiger partial charge is 0.481 e. The quantitative estimate of drug-likeness (QED) is 0.482. The van der Waals surface area contributed by atoms with Crippen LogP contribution in [0.1, 0.15) is 11.1 Å². The molecule has 0 saturated carbocycles. The van der Waals surface area contributed by atoms with E-state index in [1.807, 2.05) is 48.5 Å². The molecule has 0 aliphatic carbocycles. The number of aromatic nitrogens is 3. The lowest BCUT2D eigenvalue weighted by Crippen LogP contribution is -2.51. The number of rotatable bonds is 6. The number of hydrogen-bond acceptors (Lipinski definition) is 6. The van der Waals surface area contributed by atoms with Crippen LogP contribution in [-0.2, 0) is 16.9 Å². The van der Waals surface area contributed by atoms with Gasteiger partial charge in [0.1, 0.15) is 5.75 Å². The summed E-state index contributed by atoms with van der Waals surface area (Å²) in [6, 6.07) is 19.1. The van der Waals surface area contributed by atoms with E-state index in [1.54, 1.807) is 31.6 Å². The van der Waals surface area contributed by atoms with Gasteiger partial charge in [-0.1, -0.05) is 36.4 Å². The first-order chi connectivity index (χ1) is 15.2. The Bertz CT molecular complexity index is 1270. The van der Waals surface area contributed by atoms with Crippen molar-refractivity contribution in [3.63, 3.8) is 0 Å². The van der Waals surface area contributed by atoms with Crippen molar-refractivity contribution in [3.8, 4) is 11.6 Å². The monoisotopic (exact) mass is 415 g/mol. The van der Waals surface area contributed by atoms with Gasteiger partial charge in [-0.3, -0.25) is 4.79 Å². The van der Waals surface area contributed by atoms with Crippen LogP contribution in [0.5, 0.6) is 11.6 Å². The second-order valence-corrected chi connectivity index (χ2v) is 7.52. The molecule has 0 unspecified atom stereocenters. The van der Waals surface area contributed by atoms with Crippen molar-refractivity contribution in [2.75, 3.05) is 20.3 Å². The molecule has 7 nitrogen and oxygen atoms in total. The maximum absolute atomic E-state index is 12.9. The summed E-state index contributed by atoms with van der Waals surface area (Å²) in [5, 5.41) is 5.66. The lowest BCUT2D eigenvalue weighted by molar-refractivity contribution is -0.167. The van der Waals surface area contributed by atoms with Gasteiger partial charge in [0.05, 0.1) is 38.5 Å². The molecule has 1 saturated heterocycles. The van der Waals surface area contributed by atoms with Gasteiger partial charge in [0.2, 0.25) is 5.88 Å². The van der Waals surface area contributed by atoms with E-state index < -0.39 is 5.60 Å². The van der Waals surface area contributed by atoms with Crippen molar-refractivity contribution >= 4 is 10.8 Å². The second-order valence-electron chi connectivity index (χ2n) is 7.52. The zero-order valence-electron chi connectivity index (χ0n) is 17.0. The third kappa shape index (κ3) is 3.64. The van der Waals surface area contributed by atoms with Gasteiger partial charge in [0, 0.05) is 23.2 Å². The number of ether oxygens (including phenoxy) is 3. The Morgan fingerprint density at radius 2 is 1.90 bits per heavy atom. The minimum atomic E-state index is -0.501. The minimum absolute atomic E-state index is 0.162. The topological polar surface area (TPSA) is 75.5 Å². The summed E-state index contributed by atoms with van der Waals surface area (Å²) < 4.78 is 18.3. The lowest BCUT2D eigenvalue weighted by Gasteiger charge is -2.41. The third-order valence-corrected chi connectivity index (χ3v) is 5.45. The Balaban J connectivity index is 1.42. The fraction of sp³-hybridized carbons (Fsp3) is 0.208. The first-order valence-electron chi connectivity index (χ1n) is 9.98. The van der Waals surface area contributed by atoms with Gasteiger partial charge in [-0.15, -0.1) is 0 Å². The molecule has 0 bridgehead atoms. The number of nitrogens with zero attached hydrogens (tertiary/aromatic N) is 3. The molecule has 1 aliphatic heterocycles. The van der Waals surface area contributed by atoms with E-state index in [0.29, 0.717) is 36.8 Å². The van der Waals surface area contributed by atoms with Gasteiger partial charge in [-0.2, -0.15) is 5.10 Å². The number of methoxy groups -OCH3 is 1. The predicted octanol–water partition coefficient (Wildman–Crippen LogP) is 3.15. The molecule has 156 valence electrons. The van der Waals surface area contributed by atoms with Gasteiger partial charge < -0.3 is 14.2 Å². The van der Waals surface area contributed by atoms with Crippen molar-refractivity contribution in [3.05, 3.63) is 94.5 Å². The molecular formula is C24H21N3O4. The highest BCUT2D eigenvalue weighted by Gasteiger charge is 2.43. The minimum Gasteiger partial charge on any atom is -0.481 e. The van der Waals surface area contributed by atoms with Crippen molar-refractivity contribution in [2.45, 2.75) is 12.1 Å². The zero-order chi connectivity index (χ0) is 21.3. The molecule has 2 aromatic heterocycles. The maximum Gasteiger partial charge on any atom is 0.274 e. The van der Waals surface area contributed by atoms with E-state index >= 15 is 0 Å². The van der Waals surface area contributed by atoms with E-state index in [9.17, 15) is 4.79 Å². The number of fused-ring (bicyclic) bond motifs is 1. The smallest absolute Gasteiger partial charge is 0.274 e. The van der Waals surface area contributed by atoms with Crippen LogP contribution in [0.3, 0.4) is 0 Å². The fourth-order valence-electron chi connectivity index (χ4n) is 3.68. The molecule has 1 aliphatic rings. The highest BCUT2D eigenvalue weighted by atomic mass is 16.6. The molecule has 5 rings (SSSR count). The Hall–Kier alpha value is -3.71. The molecule has 0 N–H and O–H groups in total. The van der Waals surface area contributed by atoms with Gasteiger partial charge in [-0.25, -0.2) is 9.67 Å². The molecule has 1 fully saturated rings. The van der Waals surface area contributed by atoms with Gasteiger partial charge in [-0.05, 0) is 23.8 Å². The Morgan fingerprint density at radius 3 is 2.58 bits per heavy atom. The molecule has 0 amide bonds. The number of pyridine rings is 1. The first-order valence-corrected chi connectivity index (χ1v) is 9.98. The van der Waals surface area contributed by atoms with Crippen molar-refractivity contribution < 1.29 is 14.2 Å². The average molecular weight is 415 g/mol. The Morgan fingerprint density at radius 1 is 1.06 bits per heavy atom. The Labute approximate surface area is 178 Å². The van der Waals surface area contributed by atoms with E-state index in [0.717, 1.165) is 16.5 Å². The molecule has 0 atom stereocenters.